The second kappa shape index (κ2) is 8.47. The maximum atomic E-state index is 12.8. The van der Waals surface area contributed by atoms with Gasteiger partial charge in [-0.25, -0.2) is 0 Å². The van der Waals surface area contributed by atoms with Gasteiger partial charge < -0.3 is 9.47 Å². The Labute approximate surface area is 204 Å². The van der Waals surface area contributed by atoms with E-state index in [2.05, 4.69) is 70.8 Å². The van der Waals surface area contributed by atoms with E-state index in [0.29, 0.717) is 0 Å². The second-order valence-corrected chi connectivity index (χ2v) is 9.97. The Morgan fingerprint density at radius 2 is 1.83 bits per heavy atom. The summed E-state index contributed by atoms with van der Waals surface area (Å²) in [5, 5.41) is 13.8. The van der Waals surface area contributed by atoms with Crippen LogP contribution in [0.15, 0.2) is 47.7 Å². The SMILES string of the molecule is C[C@@H]1CN(c2cc(=O)n(C)c3cn(CC#N)nc23)[C@@H](C)CN1C(C)(C)c1ccc2nccnc2c1. The molecular weight excluding hydrogens is 440 g/mol. The molecule has 9 heteroatoms. The Morgan fingerprint density at radius 3 is 2.57 bits per heavy atom. The summed E-state index contributed by atoms with van der Waals surface area (Å²) in [5.74, 6) is 0. The lowest BCUT2D eigenvalue weighted by Gasteiger charge is -2.51. The van der Waals surface area contributed by atoms with Crippen LogP contribution in [0.5, 0.6) is 0 Å². The Bertz CT molecular complexity index is 1510. The molecule has 1 aliphatic heterocycles. The number of nitriles is 1. The monoisotopic (exact) mass is 470 g/mol. The minimum absolute atomic E-state index is 0.0797. The number of rotatable bonds is 4. The minimum Gasteiger partial charge on any atom is -0.364 e. The lowest BCUT2D eigenvalue weighted by atomic mass is 9.88. The van der Waals surface area contributed by atoms with E-state index in [1.54, 1.807) is 41.0 Å². The molecule has 4 aromatic rings. The summed E-state index contributed by atoms with van der Waals surface area (Å²) in [5.41, 5.74) is 5.01. The summed E-state index contributed by atoms with van der Waals surface area (Å²) in [7, 11) is 1.74. The summed E-state index contributed by atoms with van der Waals surface area (Å²) in [6.45, 7) is 10.7. The van der Waals surface area contributed by atoms with Crippen molar-refractivity contribution in [2.24, 2.45) is 7.05 Å². The Balaban J connectivity index is 1.49. The topological polar surface area (TPSA) is 95.9 Å². The highest BCUT2D eigenvalue weighted by Gasteiger charge is 2.39. The number of benzene rings is 1. The van der Waals surface area contributed by atoms with E-state index in [9.17, 15) is 4.79 Å². The first-order chi connectivity index (χ1) is 16.7. The maximum absolute atomic E-state index is 12.8. The van der Waals surface area contributed by atoms with Crippen molar-refractivity contribution < 1.29 is 0 Å². The van der Waals surface area contributed by atoms with Crippen LogP contribution in [-0.4, -0.2) is 54.4 Å². The molecule has 9 nitrogen and oxygen atoms in total. The molecule has 1 saturated heterocycles. The number of piperazine rings is 1. The molecule has 1 aromatic carbocycles. The molecule has 35 heavy (non-hydrogen) atoms. The van der Waals surface area contributed by atoms with Crippen molar-refractivity contribution in [1.29, 1.82) is 5.26 Å². The van der Waals surface area contributed by atoms with Crippen LogP contribution in [0.4, 0.5) is 5.69 Å². The third kappa shape index (κ3) is 3.84. The third-order valence-electron chi connectivity index (χ3n) is 7.36. The molecule has 0 saturated carbocycles. The smallest absolute Gasteiger partial charge is 0.252 e. The van der Waals surface area contributed by atoms with Crippen molar-refractivity contribution in [1.82, 2.24) is 29.2 Å². The number of hydrogen-bond acceptors (Lipinski definition) is 7. The fourth-order valence-electron chi connectivity index (χ4n) is 5.36. The van der Waals surface area contributed by atoms with Gasteiger partial charge in [0.1, 0.15) is 12.1 Å². The number of aryl methyl sites for hydroxylation is 1. The minimum atomic E-state index is -0.220. The van der Waals surface area contributed by atoms with Gasteiger partial charge >= 0.3 is 0 Å². The number of anilines is 1. The summed E-state index contributed by atoms with van der Waals surface area (Å²) in [6.07, 6.45) is 5.22. The Kier molecular flexibility index (Phi) is 5.56. The van der Waals surface area contributed by atoms with E-state index < -0.39 is 0 Å². The molecular formula is C26H30N8O. The van der Waals surface area contributed by atoms with Gasteiger partial charge in [0.25, 0.3) is 5.56 Å². The highest BCUT2D eigenvalue weighted by atomic mass is 16.1. The molecule has 1 fully saturated rings. The molecule has 180 valence electrons. The van der Waals surface area contributed by atoms with E-state index in [1.165, 1.54) is 5.56 Å². The third-order valence-corrected chi connectivity index (χ3v) is 7.36. The quantitative estimate of drug-likeness (QED) is 0.452. The molecule has 3 aromatic heterocycles. The van der Waals surface area contributed by atoms with Crippen LogP contribution in [0, 0.1) is 11.3 Å². The second-order valence-electron chi connectivity index (χ2n) is 9.97. The molecule has 0 N–H and O–H groups in total. The van der Waals surface area contributed by atoms with Crippen molar-refractivity contribution in [2.75, 3.05) is 18.0 Å². The van der Waals surface area contributed by atoms with Crippen LogP contribution in [0.3, 0.4) is 0 Å². The molecule has 0 radical (unpaired) electrons. The maximum Gasteiger partial charge on any atom is 0.252 e. The lowest BCUT2D eigenvalue weighted by molar-refractivity contribution is 0.0508. The van der Waals surface area contributed by atoms with Gasteiger partial charge in [0.2, 0.25) is 0 Å². The average molecular weight is 471 g/mol. The van der Waals surface area contributed by atoms with E-state index in [0.717, 1.165) is 40.8 Å². The van der Waals surface area contributed by atoms with Gasteiger partial charge in [-0.2, -0.15) is 10.4 Å². The van der Waals surface area contributed by atoms with E-state index in [4.69, 9.17) is 5.26 Å². The van der Waals surface area contributed by atoms with Crippen molar-refractivity contribution in [3.8, 4) is 6.07 Å². The van der Waals surface area contributed by atoms with Gasteiger partial charge in [-0.1, -0.05) is 6.07 Å². The Hall–Kier alpha value is -3.77. The predicted octanol–water partition coefficient (Wildman–Crippen LogP) is 3.04. The van der Waals surface area contributed by atoms with Gasteiger partial charge in [-0.15, -0.1) is 0 Å². The average Bonchev–Trinajstić information content (AvgIpc) is 3.26. The molecule has 4 heterocycles. The molecule has 0 bridgehead atoms. The highest BCUT2D eigenvalue weighted by molar-refractivity contribution is 5.88. The van der Waals surface area contributed by atoms with Crippen LogP contribution >= 0.6 is 0 Å². The first-order valence-electron chi connectivity index (χ1n) is 11.9. The number of nitrogens with zero attached hydrogens (tertiary/aromatic N) is 8. The fourth-order valence-corrected chi connectivity index (χ4v) is 5.36. The van der Waals surface area contributed by atoms with Crippen molar-refractivity contribution in [3.05, 3.63) is 58.8 Å². The first kappa shape index (κ1) is 23.0. The molecule has 0 amide bonds. The van der Waals surface area contributed by atoms with Crippen molar-refractivity contribution >= 4 is 27.8 Å². The zero-order valence-electron chi connectivity index (χ0n) is 20.8. The number of aromatic nitrogens is 5. The number of fused-ring (bicyclic) bond motifs is 2. The molecule has 2 atom stereocenters. The van der Waals surface area contributed by atoms with E-state index in [1.807, 2.05) is 6.07 Å². The summed E-state index contributed by atoms with van der Waals surface area (Å²) in [6, 6.07) is 10.5. The number of hydrogen-bond donors (Lipinski definition) is 0. The lowest BCUT2D eigenvalue weighted by Crippen LogP contribution is -2.61. The van der Waals surface area contributed by atoms with E-state index in [-0.39, 0.29) is 29.7 Å². The Morgan fingerprint density at radius 1 is 1.09 bits per heavy atom. The molecule has 5 rings (SSSR count). The van der Waals surface area contributed by atoms with Crippen molar-refractivity contribution in [3.63, 3.8) is 0 Å². The van der Waals surface area contributed by atoms with Gasteiger partial charge in [-0.05, 0) is 45.4 Å². The number of pyridine rings is 1. The zero-order chi connectivity index (χ0) is 24.9. The summed E-state index contributed by atoms with van der Waals surface area (Å²) < 4.78 is 3.19. The summed E-state index contributed by atoms with van der Waals surface area (Å²) in [4.78, 5) is 26.5. The molecule has 1 aliphatic rings. The van der Waals surface area contributed by atoms with Crippen LogP contribution in [0.2, 0.25) is 0 Å². The van der Waals surface area contributed by atoms with Crippen LogP contribution < -0.4 is 10.5 Å². The normalized spacial score (nSPS) is 19.4. The predicted molar refractivity (Wildman–Crippen MR) is 136 cm³/mol. The van der Waals surface area contributed by atoms with Crippen LogP contribution in [0.1, 0.15) is 33.3 Å². The van der Waals surface area contributed by atoms with Crippen molar-refractivity contribution in [2.45, 2.75) is 51.9 Å². The standard InChI is InChI=1S/C26H30N8O/c1-17-15-34(26(3,4)19-6-7-20-21(12-19)29-10-9-28-20)18(2)14-33(17)22-13-24(35)31(5)23-16-32(11-8-27)30-25(22)23/h6-7,9-10,12-13,16-18H,11,14-15H2,1-5H3/t17-,18+/m0/s1. The van der Waals surface area contributed by atoms with E-state index >= 15 is 0 Å². The fraction of sp³-hybridized carbons (Fsp3) is 0.423. The van der Waals surface area contributed by atoms with Gasteiger partial charge in [-0.3, -0.25) is 24.3 Å². The van der Waals surface area contributed by atoms with Gasteiger partial charge in [0, 0.05) is 56.2 Å². The highest BCUT2D eigenvalue weighted by Crippen LogP contribution is 2.36. The molecule has 0 aliphatic carbocycles. The van der Waals surface area contributed by atoms with Crippen LogP contribution in [0.25, 0.3) is 22.1 Å². The van der Waals surface area contributed by atoms with Gasteiger partial charge in [0.15, 0.2) is 0 Å². The molecule has 0 unspecified atom stereocenters. The van der Waals surface area contributed by atoms with Crippen LogP contribution in [-0.2, 0) is 19.1 Å². The zero-order valence-corrected chi connectivity index (χ0v) is 20.8. The first-order valence-corrected chi connectivity index (χ1v) is 11.9. The molecule has 0 spiro atoms. The van der Waals surface area contributed by atoms with Gasteiger partial charge in [0.05, 0.1) is 34.5 Å². The summed E-state index contributed by atoms with van der Waals surface area (Å²) >= 11 is 0. The largest absolute Gasteiger partial charge is 0.364 e.